The van der Waals surface area contributed by atoms with Crippen molar-refractivity contribution < 1.29 is 0 Å². The summed E-state index contributed by atoms with van der Waals surface area (Å²) >= 11 is 1.72. The number of aryl methyl sites for hydroxylation is 1. The van der Waals surface area contributed by atoms with Crippen LogP contribution in [0.25, 0.3) is 21.8 Å². The predicted molar refractivity (Wildman–Crippen MR) is 88.3 cm³/mol. The summed E-state index contributed by atoms with van der Waals surface area (Å²) in [6.45, 7) is 2.72. The Balaban J connectivity index is 2.08. The molecular weight excluding hydrogens is 278 g/mol. The van der Waals surface area contributed by atoms with E-state index < -0.39 is 0 Å². The van der Waals surface area contributed by atoms with E-state index in [1.165, 1.54) is 10.4 Å². The summed E-state index contributed by atoms with van der Waals surface area (Å²) in [5.74, 6) is 0. The van der Waals surface area contributed by atoms with Gasteiger partial charge in [0.1, 0.15) is 5.01 Å². The van der Waals surface area contributed by atoms with Crippen LogP contribution in [0.3, 0.4) is 0 Å². The van der Waals surface area contributed by atoms with E-state index in [4.69, 9.17) is 10.7 Å². The molecule has 3 aromatic rings. The molecule has 2 heterocycles. The van der Waals surface area contributed by atoms with Crippen molar-refractivity contribution in [3.63, 3.8) is 0 Å². The smallest absolute Gasteiger partial charge is 0.124 e. The number of aromatic nitrogens is 2. The van der Waals surface area contributed by atoms with E-state index in [-0.39, 0.29) is 0 Å². The van der Waals surface area contributed by atoms with E-state index in [1.54, 1.807) is 17.5 Å². The van der Waals surface area contributed by atoms with Crippen molar-refractivity contribution >= 4 is 11.3 Å². The van der Waals surface area contributed by atoms with Crippen LogP contribution in [0.1, 0.15) is 10.4 Å². The zero-order valence-electron chi connectivity index (χ0n) is 11.9. The first-order valence-electron chi connectivity index (χ1n) is 6.95. The van der Waals surface area contributed by atoms with Crippen LogP contribution in [0.4, 0.5) is 0 Å². The number of nitrogens with zero attached hydrogens (tertiary/aromatic N) is 2. The number of hydrogen-bond donors (Lipinski definition) is 1. The lowest BCUT2D eigenvalue weighted by atomic mass is 10.1. The van der Waals surface area contributed by atoms with E-state index >= 15 is 0 Å². The van der Waals surface area contributed by atoms with Crippen molar-refractivity contribution in [2.45, 2.75) is 13.3 Å². The Hall–Kier alpha value is -2.04. The van der Waals surface area contributed by atoms with Crippen LogP contribution in [0, 0.1) is 6.92 Å². The molecule has 0 fully saturated rings. The summed E-state index contributed by atoms with van der Waals surface area (Å²) < 4.78 is 0. The van der Waals surface area contributed by atoms with Gasteiger partial charge < -0.3 is 5.73 Å². The molecule has 106 valence electrons. The second-order valence-electron chi connectivity index (χ2n) is 4.94. The molecule has 0 unspecified atom stereocenters. The third-order valence-corrected chi connectivity index (χ3v) is 4.43. The van der Waals surface area contributed by atoms with Gasteiger partial charge in [-0.3, -0.25) is 4.98 Å². The summed E-state index contributed by atoms with van der Waals surface area (Å²) in [7, 11) is 0. The molecule has 0 radical (unpaired) electrons. The van der Waals surface area contributed by atoms with E-state index in [0.717, 1.165) is 28.2 Å². The maximum absolute atomic E-state index is 5.74. The Kier molecular flexibility index (Phi) is 4.08. The van der Waals surface area contributed by atoms with Gasteiger partial charge in [-0.25, -0.2) is 4.98 Å². The zero-order chi connectivity index (χ0) is 14.7. The summed E-state index contributed by atoms with van der Waals surface area (Å²) in [4.78, 5) is 10.2. The molecule has 2 aromatic heterocycles. The van der Waals surface area contributed by atoms with Gasteiger partial charge in [-0.2, -0.15) is 0 Å². The van der Waals surface area contributed by atoms with Gasteiger partial charge in [0.25, 0.3) is 0 Å². The van der Waals surface area contributed by atoms with E-state index in [2.05, 4.69) is 36.2 Å². The molecular formula is C17H17N3S. The third-order valence-electron chi connectivity index (χ3n) is 3.27. The van der Waals surface area contributed by atoms with Crippen LogP contribution in [0.5, 0.6) is 0 Å². The molecule has 3 nitrogen and oxygen atoms in total. The highest BCUT2D eigenvalue weighted by Gasteiger charge is 2.14. The Morgan fingerprint density at radius 2 is 2.00 bits per heavy atom. The minimum Gasteiger partial charge on any atom is -0.330 e. The quantitative estimate of drug-likeness (QED) is 0.798. The molecule has 0 aliphatic rings. The van der Waals surface area contributed by atoms with E-state index in [0.29, 0.717) is 6.54 Å². The molecule has 2 N–H and O–H groups in total. The molecule has 0 amide bonds. The van der Waals surface area contributed by atoms with E-state index in [1.807, 2.05) is 18.3 Å². The largest absolute Gasteiger partial charge is 0.330 e. The highest BCUT2D eigenvalue weighted by molar-refractivity contribution is 7.15. The molecule has 0 saturated heterocycles. The van der Waals surface area contributed by atoms with Gasteiger partial charge in [-0.1, -0.05) is 23.8 Å². The Morgan fingerprint density at radius 1 is 1.14 bits per heavy atom. The van der Waals surface area contributed by atoms with Gasteiger partial charge in [0.05, 0.1) is 5.69 Å². The van der Waals surface area contributed by atoms with Crippen molar-refractivity contribution in [2.24, 2.45) is 5.73 Å². The highest BCUT2D eigenvalue weighted by Crippen LogP contribution is 2.34. The van der Waals surface area contributed by atoms with Crippen LogP contribution in [-0.2, 0) is 6.42 Å². The van der Waals surface area contributed by atoms with Crippen molar-refractivity contribution in [2.75, 3.05) is 6.54 Å². The summed E-state index contributed by atoms with van der Waals surface area (Å²) in [5.41, 5.74) is 10.2. The number of pyridine rings is 1. The average molecular weight is 295 g/mol. The second kappa shape index (κ2) is 6.16. The minimum atomic E-state index is 0.628. The third kappa shape index (κ3) is 3.01. The maximum atomic E-state index is 5.74. The molecule has 3 rings (SSSR count). The van der Waals surface area contributed by atoms with Crippen LogP contribution in [-0.4, -0.2) is 16.5 Å². The SMILES string of the molecule is Cc1cccc(-c2nc(-c3cccnc3)c(CCN)s2)c1. The molecule has 0 saturated carbocycles. The number of thiazole rings is 1. The Morgan fingerprint density at radius 3 is 2.71 bits per heavy atom. The van der Waals surface area contributed by atoms with Gasteiger partial charge in [0, 0.05) is 28.4 Å². The normalized spacial score (nSPS) is 10.8. The monoisotopic (exact) mass is 295 g/mol. The van der Waals surface area contributed by atoms with Crippen molar-refractivity contribution in [3.8, 4) is 21.8 Å². The van der Waals surface area contributed by atoms with Crippen LogP contribution in [0.2, 0.25) is 0 Å². The topological polar surface area (TPSA) is 51.8 Å². The number of nitrogens with two attached hydrogens (primary N) is 1. The lowest BCUT2D eigenvalue weighted by Crippen LogP contribution is -2.02. The summed E-state index contributed by atoms with van der Waals surface area (Å²) in [6, 6.07) is 12.4. The molecule has 4 heteroatoms. The molecule has 1 aromatic carbocycles. The molecule has 0 atom stereocenters. The van der Waals surface area contributed by atoms with Crippen LogP contribution < -0.4 is 5.73 Å². The molecule has 0 bridgehead atoms. The summed E-state index contributed by atoms with van der Waals surface area (Å²) in [6.07, 6.45) is 4.47. The number of rotatable bonds is 4. The van der Waals surface area contributed by atoms with E-state index in [9.17, 15) is 0 Å². The molecule has 0 aliphatic carbocycles. The lowest BCUT2D eigenvalue weighted by Gasteiger charge is -1.99. The van der Waals surface area contributed by atoms with Gasteiger partial charge in [-0.15, -0.1) is 11.3 Å². The van der Waals surface area contributed by atoms with Gasteiger partial charge in [0.2, 0.25) is 0 Å². The maximum Gasteiger partial charge on any atom is 0.124 e. The first-order valence-corrected chi connectivity index (χ1v) is 7.77. The van der Waals surface area contributed by atoms with Gasteiger partial charge in [-0.05, 0) is 38.1 Å². The van der Waals surface area contributed by atoms with Gasteiger partial charge >= 0.3 is 0 Å². The van der Waals surface area contributed by atoms with Gasteiger partial charge in [0.15, 0.2) is 0 Å². The Labute approximate surface area is 128 Å². The predicted octanol–water partition coefficient (Wildman–Crippen LogP) is 3.68. The fraction of sp³-hybridized carbons (Fsp3) is 0.176. The molecule has 0 aliphatic heterocycles. The number of benzene rings is 1. The zero-order valence-corrected chi connectivity index (χ0v) is 12.7. The molecule has 0 spiro atoms. The number of hydrogen-bond acceptors (Lipinski definition) is 4. The van der Waals surface area contributed by atoms with Crippen LogP contribution >= 0.6 is 11.3 Å². The average Bonchev–Trinajstić information content (AvgIpc) is 2.93. The van der Waals surface area contributed by atoms with Crippen molar-refractivity contribution in [1.82, 2.24) is 9.97 Å². The summed E-state index contributed by atoms with van der Waals surface area (Å²) in [5, 5.41) is 1.04. The first-order chi connectivity index (χ1) is 10.3. The standard InChI is InChI=1S/C17H17N3S/c1-12-4-2-5-13(10-12)17-20-16(15(21-17)7-8-18)14-6-3-9-19-11-14/h2-6,9-11H,7-8,18H2,1H3. The Bertz CT molecular complexity index is 735. The van der Waals surface area contributed by atoms with Crippen LogP contribution in [0.15, 0.2) is 48.8 Å². The highest BCUT2D eigenvalue weighted by atomic mass is 32.1. The second-order valence-corrected chi connectivity index (χ2v) is 6.02. The fourth-order valence-electron chi connectivity index (χ4n) is 2.28. The first kappa shape index (κ1) is 13.9. The lowest BCUT2D eigenvalue weighted by molar-refractivity contribution is 0.986. The van der Waals surface area contributed by atoms with Crippen molar-refractivity contribution in [1.29, 1.82) is 0 Å². The minimum absolute atomic E-state index is 0.628. The molecule has 21 heavy (non-hydrogen) atoms. The van der Waals surface area contributed by atoms with Crippen molar-refractivity contribution in [3.05, 3.63) is 59.2 Å². The fourth-order valence-corrected chi connectivity index (χ4v) is 3.38.